The average Bonchev–Trinajstić information content (AvgIpc) is 3.09. The summed E-state index contributed by atoms with van der Waals surface area (Å²) in [7, 11) is 1.90. The molecule has 1 aliphatic heterocycles. The zero-order valence-electron chi connectivity index (χ0n) is 10.3. The molecule has 5 nitrogen and oxygen atoms in total. The number of carbonyl (C=O) groups is 1. The molecule has 0 aromatic carbocycles. The van der Waals surface area contributed by atoms with Gasteiger partial charge < -0.3 is 9.88 Å². The molecule has 1 atom stereocenters. The number of rotatable bonds is 2. The smallest absolute Gasteiger partial charge is 0.270 e. The van der Waals surface area contributed by atoms with Crippen LogP contribution in [0.3, 0.4) is 0 Å². The van der Waals surface area contributed by atoms with Crippen LogP contribution in [0.1, 0.15) is 34.9 Å². The summed E-state index contributed by atoms with van der Waals surface area (Å²) in [6.45, 7) is 0.817. The van der Waals surface area contributed by atoms with E-state index in [0.29, 0.717) is 5.69 Å². The summed E-state index contributed by atoms with van der Waals surface area (Å²) < 4.78 is 1.78. The average molecular weight is 244 g/mol. The maximum absolute atomic E-state index is 12.4. The van der Waals surface area contributed by atoms with Crippen LogP contribution in [0.15, 0.2) is 30.7 Å². The lowest BCUT2D eigenvalue weighted by Gasteiger charge is -2.23. The van der Waals surface area contributed by atoms with Crippen LogP contribution in [0.25, 0.3) is 0 Å². The number of H-pyrrole nitrogens is 1. The minimum atomic E-state index is 0.0753. The molecule has 1 N–H and O–H groups in total. The van der Waals surface area contributed by atoms with Crippen molar-refractivity contribution in [1.82, 2.24) is 19.7 Å². The van der Waals surface area contributed by atoms with Crippen molar-refractivity contribution in [2.75, 3.05) is 6.54 Å². The Balaban J connectivity index is 1.85. The predicted octanol–water partition coefficient (Wildman–Crippen LogP) is 1.73. The van der Waals surface area contributed by atoms with Gasteiger partial charge in [0.05, 0.1) is 12.2 Å². The minimum Gasteiger partial charge on any atom is -0.357 e. The second-order valence-electron chi connectivity index (χ2n) is 4.69. The van der Waals surface area contributed by atoms with Crippen LogP contribution >= 0.6 is 0 Å². The molecule has 1 aliphatic rings. The first-order chi connectivity index (χ1) is 8.75. The van der Waals surface area contributed by atoms with Gasteiger partial charge in [0.1, 0.15) is 5.69 Å². The van der Waals surface area contributed by atoms with Crippen molar-refractivity contribution in [3.63, 3.8) is 0 Å². The Kier molecular flexibility index (Phi) is 2.66. The summed E-state index contributed by atoms with van der Waals surface area (Å²) in [6.07, 6.45) is 7.68. The molecule has 2 aromatic rings. The predicted molar refractivity (Wildman–Crippen MR) is 67.0 cm³/mol. The maximum Gasteiger partial charge on any atom is 0.270 e. The molecular formula is C13H16N4O. The highest BCUT2D eigenvalue weighted by atomic mass is 16.2. The van der Waals surface area contributed by atoms with Crippen LogP contribution in [0.5, 0.6) is 0 Å². The van der Waals surface area contributed by atoms with Crippen molar-refractivity contribution in [1.29, 1.82) is 0 Å². The largest absolute Gasteiger partial charge is 0.357 e. The minimum absolute atomic E-state index is 0.0753. The molecule has 18 heavy (non-hydrogen) atoms. The fourth-order valence-electron chi connectivity index (χ4n) is 2.59. The molecule has 94 valence electrons. The van der Waals surface area contributed by atoms with Gasteiger partial charge in [-0.25, -0.2) is 0 Å². The Morgan fingerprint density at radius 3 is 3.11 bits per heavy atom. The zero-order chi connectivity index (χ0) is 12.5. The highest BCUT2D eigenvalue weighted by Crippen LogP contribution is 2.32. The third kappa shape index (κ3) is 1.81. The third-order valence-electron chi connectivity index (χ3n) is 3.45. The number of aromatic amines is 1. The highest BCUT2D eigenvalue weighted by Gasteiger charge is 2.31. The van der Waals surface area contributed by atoms with E-state index in [1.165, 1.54) is 0 Å². The van der Waals surface area contributed by atoms with Gasteiger partial charge in [0.15, 0.2) is 0 Å². The summed E-state index contributed by atoms with van der Waals surface area (Å²) in [5, 5.41) is 4.19. The Hall–Kier alpha value is -2.04. The van der Waals surface area contributed by atoms with Crippen molar-refractivity contribution in [2.45, 2.75) is 18.9 Å². The Morgan fingerprint density at radius 2 is 2.44 bits per heavy atom. The van der Waals surface area contributed by atoms with Gasteiger partial charge in [-0.1, -0.05) is 0 Å². The van der Waals surface area contributed by atoms with Crippen LogP contribution < -0.4 is 0 Å². The fourth-order valence-corrected chi connectivity index (χ4v) is 2.59. The lowest BCUT2D eigenvalue weighted by Crippen LogP contribution is -2.30. The number of aromatic nitrogens is 3. The zero-order valence-corrected chi connectivity index (χ0v) is 10.3. The van der Waals surface area contributed by atoms with Crippen molar-refractivity contribution < 1.29 is 4.79 Å². The number of hydrogen-bond donors (Lipinski definition) is 1. The number of hydrogen-bond acceptors (Lipinski definition) is 2. The molecule has 1 amide bonds. The van der Waals surface area contributed by atoms with Crippen molar-refractivity contribution >= 4 is 5.91 Å². The molecule has 3 rings (SSSR count). The van der Waals surface area contributed by atoms with Crippen molar-refractivity contribution in [3.05, 3.63) is 42.0 Å². The molecule has 0 spiro atoms. The number of carbonyl (C=O) groups excluding carboxylic acids is 1. The molecule has 1 saturated heterocycles. The normalized spacial score (nSPS) is 19.4. The molecular weight excluding hydrogens is 228 g/mol. The number of likely N-dealkylation sites (tertiary alicyclic amines) is 1. The van der Waals surface area contributed by atoms with Crippen LogP contribution in [0, 0.1) is 0 Å². The third-order valence-corrected chi connectivity index (χ3v) is 3.45. The van der Waals surface area contributed by atoms with Gasteiger partial charge in [-0.15, -0.1) is 0 Å². The molecule has 0 aliphatic carbocycles. The van der Waals surface area contributed by atoms with E-state index in [1.54, 1.807) is 10.9 Å². The summed E-state index contributed by atoms with van der Waals surface area (Å²) in [6, 6.07) is 3.83. The molecule has 0 radical (unpaired) electrons. The van der Waals surface area contributed by atoms with Crippen LogP contribution in [0.2, 0.25) is 0 Å². The van der Waals surface area contributed by atoms with E-state index in [0.717, 1.165) is 24.9 Å². The summed E-state index contributed by atoms with van der Waals surface area (Å²) in [5.41, 5.74) is 1.78. The van der Waals surface area contributed by atoms with Gasteiger partial charge >= 0.3 is 0 Å². The summed E-state index contributed by atoms with van der Waals surface area (Å²) in [5.74, 6) is 0.0753. The van der Waals surface area contributed by atoms with E-state index in [9.17, 15) is 4.79 Å². The van der Waals surface area contributed by atoms with E-state index in [4.69, 9.17) is 0 Å². The van der Waals surface area contributed by atoms with E-state index in [1.807, 2.05) is 36.5 Å². The van der Waals surface area contributed by atoms with E-state index in [2.05, 4.69) is 10.1 Å². The Labute approximate surface area is 105 Å². The van der Waals surface area contributed by atoms with E-state index >= 15 is 0 Å². The molecule has 5 heteroatoms. The number of nitrogens with zero attached hydrogens (tertiary/aromatic N) is 3. The molecule has 3 heterocycles. The Morgan fingerprint density at radius 1 is 1.56 bits per heavy atom. The highest BCUT2D eigenvalue weighted by molar-refractivity contribution is 5.92. The molecule has 1 fully saturated rings. The first-order valence-electron chi connectivity index (χ1n) is 6.18. The second kappa shape index (κ2) is 4.33. The maximum atomic E-state index is 12.4. The van der Waals surface area contributed by atoms with Crippen molar-refractivity contribution in [2.24, 2.45) is 7.05 Å². The summed E-state index contributed by atoms with van der Waals surface area (Å²) >= 11 is 0. The van der Waals surface area contributed by atoms with Gasteiger partial charge in [-0.05, 0) is 25.0 Å². The molecule has 0 unspecified atom stereocenters. The van der Waals surface area contributed by atoms with Gasteiger partial charge in [0.2, 0.25) is 0 Å². The molecule has 0 bridgehead atoms. The number of aryl methyl sites for hydroxylation is 1. The van der Waals surface area contributed by atoms with Crippen LogP contribution in [0.4, 0.5) is 0 Å². The second-order valence-corrected chi connectivity index (χ2v) is 4.69. The SMILES string of the molecule is Cn1cc([C@@H]2CCCN2C(=O)c2ccc[nH]2)cn1. The molecule has 0 saturated carbocycles. The number of nitrogens with one attached hydrogen (secondary N) is 1. The van der Waals surface area contributed by atoms with E-state index < -0.39 is 0 Å². The van der Waals surface area contributed by atoms with Gasteiger partial charge in [-0.2, -0.15) is 5.10 Å². The molecule has 2 aromatic heterocycles. The number of amides is 1. The van der Waals surface area contributed by atoms with Crippen molar-refractivity contribution in [3.8, 4) is 0 Å². The fraction of sp³-hybridized carbons (Fsp3) is 0.385. The van der Waals surface area contributed by atoms with Gasteiger partial charge in [-0.3, -0.25) is 9.48 Å². The lowest BCUT2D eigenvalue weighted by molar-refractivity contribution is 0.0730. The Bertz CT molecular complexity index is 543. The topological polar surface area (TPSA) is 53.9 Å². The quantitative estimate of drug-likeness (QED) is 0.874. The summed E-state index contributed by atoms with van der Waals surface area (Å²) in [4.78, 5) is 17.3. The lowest BCUT2D eigenvalue weighted by atomic mass is 10.1. The monoisotopic (exact) mass is 244 g/mol. The standard InChI is InChI=1S/C13H16N4O/c1-16-9-10(8-15-16)12-5-3-7-17(12)13(18)11-4-2-6-14-11/h2,4,6,8-9,12,14H,3,5,7H2,1H3/t12-/m0/s1. The first kappa shape index (κ1) is 11.1. The van der Waals surface area contributed by atoms with Crippen LogP contribution in [-0.2, 0) is 7.05 Å². The van der Waals surface area contributed by atoms with Gasteiger partial charge in [0, 0.05) is 31.5 Å². The van der Waals surface area contributed by atoms with Crippen LogP contribution in [-0.4, -0.2) is 32.1 Å². The van der Waals surface area contributed by atoms with Gasteiger partial charge in [0.25, 0.3) is 5.91 Å². The van der Waals surface area contributed by atoms with E-state index in [-0.39, 0.29) is 11.9 Å². The first-order valence-corrected chi connectivity index (χ1v) is 6.18.